The van der Waals surface area contributed by atoms with Crippen molar-refractivity contribution in [2.45, 2.75) is 18.6 Å². The lowest BCUT2D eigenvalue weighted by atomic mass is 10.0. The number of nitrogens with two attached hydrogens (primary N) is 1. The quantitative estimate of drug-likeness (QED) is 0.833. The van der Waals surface area contributed by atoms with Crippen molar-refractivity contribution < 1.29 is 4.74 Å². The van der Waals surface area contributed by atoms with E-state index in [4.69, 9.17) is 10.5 Å². The first-order valence-corrected chi connectivity index (χ1v) is 6.26. The lowest BCUT2D eigenvalue weighted by Gasteiger charge is -2.35. The number of ether oxygens (including phenoxy) is 1. The van der Waals surface area contributed by atoms with Crippen LogP contribution < -0.4 is 10.6 Å². The Labute approximate surface area is 106 Å². The maximum absolute atomic E-state index is 6.02. The van der Waals surface area contributed by atoms with Crippen molar-refractivity contribution in [2.24, 2.45) is 5.73 Å². The average Bonchev–Trinajstić information content (AvgIpc) is 2.83. The monoisotopic (exact) mass is 246 g/mol. The van der Waals surface area contributed by atoms with Gasteiger partial charge in [0, 0.05) is 26.2 Å². The smallest absolute Gasteiger partial charge is 0.203 e. The Hall–Kier alpha value is -1.59. The number of para-hydroxylation sites is 2. The molecule has 2 heterocycles. The Balaban J connectivity index is 1.86. The number of nitrogens with one attached hydrogen (secondary N) is 1. The van der Waals surface area contributed by atoms with Gasteiger partial charge in [0.2, 0.25) is 5.95 Å². The van der Waals surface area contributed by atoms with Crippen LogP contribution in [0.2, 0.25) is 0 Å². The predicted octanol–water partition coefficient (Wildman–Crippen LogP) is 1.12. The van der Waals surface area contributed by atoms with E-state index in [0.29, 0.717) is 0 Å². The normalized spacial score (nSPS) is 24.7. The van der Waals surface area contributed by atoms with Gasteiger partial charge in [-0.1, -0.05) is 12.1 Å². The number of aromatic nitrogens is 2. The Kier molecular flexibility index (Phi) is 2.93. The maximum atomic E-state index is 6.02. The molecule has 0 amide bonds. The van der Waals surface area contributed by atoms with Gasteiger partial charge < -0.3 is 20.4 Å². The van der Waals surface area contributed by atoms with Crippen LogP contribution in [0.1, 0.15) is 6.42 Å². The van der Waals surface area contributed by atoms with Crippen molar-refractivity contribution in [3.05, 3.63) is 24.3 Å². The van der Waals surface area contributed by atoms with Crippen molar-refractivity contribution in [3.63, 3.8) is 0 Å². The molecule has 1 aromatic carbocycles. The van der Waals surface area contributed by atoms with E-state index in [0.717, 1.165) is 36.5 Å². The van der Waals surface area contributed by atoms with E-state index >= 15 is 0 Å². The third-order valence-corrected chi connectivity index (χ3v) is 3.59. The molecule has 3 rings (SSSR count). The van der Waals surface area contributed by atoms with E-state index in [1.807, 2.05) is 24.3 Å². The number of benzene rings is 1. The summed E-state index contributed by atoms with van der Waals surface area (Å²) in [4.78, 5) is 10.2. The number of H-pyrrole nitrogens is 1. The summed E-state index contributed by atoms with van der Waals surface area (Å²) in [6.07, 6.45) is 1.00. The van der Waals surface area contributed by atoms with Crippen LogP contribution in [0.3, 0.4) is 0 Å². The first kappa shape index (κ1) is 11.5. The number of hydrogen-bond acceptors (Lipinski definition) is 4. The second kappa shape index (κ2) is 4.59. The molecule has 0 bridgehead atoms. The second-order valence-electron chi connectivity index (χ2n) is 4.75. The molecule has 1 aromatic heterocycles. The number of imidazole rings is 1. The fraction of sp³-hybridized carbons (Fsp3) is 0.462. The number of nitrogens with zero attached hydrogens (tertiary/aromatic N) is 2. The molecule has 1 fully saturated rings. The highest BCUT2D eigenvalue weighted by atomic mass is 16.5. The minimum absolute atomic E-state index is 0.0759. The van der Waals surface area contributed by atoms with Gasteiger partial charge in [-0.25, -0.2) is 4.98 Å². The third kappa shape index (κ3) is 1.95. The van der Waals surface area contributed by atoms with Gasteiger partial charge in [0.05, 0.1) is 17.1 Å². The molecule has 3 N–H and O–H groups in total. The van der Waals surface area contributed by atoms with Crippen LogP contribution in [0.5, 0.6) is 0 Å². The van der Waals surface area contributed by atoms with Gasteiger partial charge in [0.1, 0.15) is 0 Å². The Morgan fingerprint density at radius 3 is 3.06 bits per heavy atom. The molecule has 0 aliphatic carbocycles. The number of anilines is 1. The molecule has 5 nitrogen and oxygen atoms in total. The minimum atomic E-state index is 0.0759. The zero-order chi connectivity index (χ0) is 12.5. The van der Waals surface area contributed by atoms with Gasteiger partial charge in [-0.05, 0) is 18.6 Å². The van der Waals surface area contributed by atoms with Crippen LogP contribution in [0.4, 0.5) is 5.95 Å². The molecule has 96 valence electrons. The molecule has 0 saturated carbocycles. The summed E-state index contributed by atoms with van der Waals surface area (Å²) in [6.45, 7) is 1.71. The molecule has 2 atom stereocenters. The first-order valence-electron chi connectivity index (χ1n) is 6.26. The molecule has 0 unspecified atom stereocenters. The van der Waals surface area contributed by atoms with Crippen molar-refractivity contribution in [1.29, 1.82) is 0 Å². The molecular weight excluding hydrogens is 228 g/mol. The molecular formula is C13H18N4O. The summed E-state index contributed by atoms with van der Waals surface area (Å²) in [5.74, 6) is 0.908. The highest BCUT2D eigenvalue weighted by Crippen LogP contribution is 2.21. The highest BCUT2D eigenvalue weighted by molar-refractivity contribution is 5.77. The number of hydrogen-bond donors (Lipinski definition) is 2. The standard InChI is InChI=1S/C13H18N4O/c1-18-12-8-17(7-6-9(12)14)13-15-10-4-2-3-5-11(10)16-13/h2-5,9,12H,6-8,14H2,1H3,(H,15,16)/t9-,12+/m0/s1. The Morgan fingerprint density at radius 2 is 2.28 bits per heavy atom. The van der Waals surface area contributed by atoms with Gasteiger partial charge in [-0.2, -0.15) is 0 Å². The summed E-state index contributed by atoms with van der Waals surface area (Å²) < 4.78 is 5.42. The highest BCUT2D eigenvalue weighted by Gasteiger charge is 2.27. The molecule has 1 aliphatic rings. The largest absolute Gasteiger partial charge is 0.378 e. The second-order valence-corrected chi connectivity index (χ2v) is 4.75. The molecule has 1 saturated heterocycles. The van der Waals surface area contributed by atoms with Crippen molar-refractivity contribution in [1.82, 2.24) is 9.97 Å². The first-order chi connectivity index (χ1) is 8.78. The maximum Gasteiger partial charge on any atom is 0.203 e. The van der Waals surface area contributed by atoms with Crippen LogP contribution in [0.15, 0.2) is 24.3 Å². The number of methoxy groups -OCH3 is 1. The zero-order valence-corrected chi connectivity index (χ0v) is 10.5. The lowest BCUT2D eigenvalue weighted by molar-refractivity contribution is 0.0726. The fourth-order valence-electron chi connectivity index (χ4n) is 2.47. The van der Waals surface area contributed by atoms with Gasteiger partial charge >= 0.3 is 0 Å². The summed E-state index contributed by atoms with van der Waals surface area (Å²) in [6, 6.07) is 8.18. The molecule has 18 heavy (non-hydrogen) atoms. The summed E-state index contributed by atoms with van der Waals surface area (Å²) in [7, 11) is 1.71. The predicted molar refractivity (Wildman–Crippen MR) is 71.7 cm³/mol. The van der Waals surface area contributed by atoms with Crippen LogP contribution in [-0.2, 0) is 4.74 Å². The van der Waals surface area contributed by atoms with Crippen LogP contribution in [0, 0.1) is 0 Å². The number of aromatic amines is 1. The molecule has 1 aliphatic heterocycles. The lowest BCUT2D eigenvalue weighted by Crippen LogP contribution is -2.51. The van der Waals surface area contributed by atoms with Gasteiger partial charge in [0.15, 0.2) is 0 Å². The topological polar surface area (TPSA) is 67.2 Å². The minimum Gasteiger partial charge on any atom is -0.378 e. The third-order valence-electron chi connectivity index (χ3n) is 3.59. The van der Waals surface area contributed by atoms with Crippen LogP contribution in [-0.4, -0.2) is 42.3 Å². The van der Waals surface area contributed by atoms with E-state index in [1.54, 1.807) is 7.11 Å². The summed E-state index contributed by atoms with van der Waals surface area (Å²) in [5, 5.41) is 0. The SMILES string of the molecule is CO[C@@H]1CN(c2nc3ccccc3[nH]2)CC[C@@H]1N. The number of piperidine rings is 1. The molecule has 5 heteroatoms. The summed E-state index contributed by atoms with van der Waals surface area (Å²) >= 11 is 0. The van der Waals surface area contributed by atoms with Crippen molar-refractivity contribution in [2.75, 3.05) is 25.1 Å². The Bertz CT molecular complexity index is 506. The average molecular weight is 246 g/mol. The van der Waals surface area contributed by atoms with E-state index in [2.05, 4.69) is 14.9 Å². The van der Waals surface area contributed by atoms with E-state index in [9.17, 15) is 0 Å². The molecule has 0 radical (unpaired) electrons. The number of rotatable bonds is 2. The number of fused-ring (bicyclic) bond motifs is 1. The fourth-order valence-corrected chi connectivity index (χ4v) is 2.47. The van der Waals surface area contributed by atoms with Gasteiger partial charge in [-0.3, -0.25) is 0 Å². The molecule has 0 spiro atoms. The van der Waals surface area contributed by atoms with E-state index in [1.165, 1.54) is 0 Å². The van der Waals surface area contributed by atoms with Crippen LogP contribution in [0.25, 0.3) is 11.0 Å². The van der Waals surface area contributed by atoms with Crippen molar-refractivity contribution >= 4 is 17.0 Å². The molecule has 2 aromatic rings. The van der Waals surface area contributed by atoms with Crippen LogP contribution >= 0.6 is 0 Å². The van der Waals surface area contributed by atoms with Gasteiger partial charge in [-0.15, -0.1) is 0 Å². The van der Waals surface area contributed by atoms with Crippen molar-refractivity contribution in [3.8, 4) is 0 Å². The van der Waals surface area contributed by atoms with E-state index < -0.39 is 0 Å². The van der Waals surface area contributed by atoms with E-state index in [-0.39, 0.29) is 12.1 Å². The summed E-state index contributed by atoms with van der Waals surface area (Å²) in [5.41, 5.74) is 8.09. The Morgan fingerprint density at radius 1 is 1.44 bits per heavy atom. The zero-order valence-electron chi connectivity index (χ0n) is 10.5. The van der Waals surface area contributed by atoms with Gasteiger partial charge in [0.25, 0.3) is 0 Å².